The van der Waals surface area contributed by atoms with Gasteiger partial charge < -0.3 is 9.47 Å². The van der Waals surface area contributed by atoms with Gasteiger partial charge in [-0.25, -0.2) is 0 Å². The SMILES string of the molecule is COc1ccc(Cl)cc1C1(CC#N)COC1. The Morgan fingerprint density at radius 2 is 2.31 bits per heavy atom. The third kappa shape index (κ3) is 1.75. The first kappa shape index (κ1) is 11.3. The Balaban J connectivity index is 2.45. The van der Waals surface area contributed by atoms with Gasteiger partial charge in [0, 0.05) is 17.0 Å². The van der Waals surface area contributed by atoms with Gasteiger partial charge in [0.2, 0.25) is 0 Å². The van der Waals surface area contributed by atoms with E-state index < -0.39 is 0 Å². The van der Waals surface area contributed by atoms with E-state index in [4.69, 9.17) is 26.3 Å². The fraction of sp³-hybridized carbons (Fsp3) is 0.417. The van der Waals surface area contributed by atoms with Crippen LogP contribution < -0.4 is 4.74 Å². The lowest BCUT2D eigenvalue weighted by atomic mass is 9.76. The summed E-state index contributed by atoms with van der Waals surface area (Å²) in [6.07, 6.45) is 0.420. The molecule has 0 saturated carbocycles. The monoisotopic (exact) mass is 237 g/mol. The number of methoxy groups -OCH3 is 1. The molecule has 16 heavy (non-hydrogen) atoms. The Morgan fingerprint density at radius 3 is 2.81 bits per heavy atom. The first-order valence-corrected chi connectivity index (χ1v) is 5.38. The number of benzene rings is 1. The van der Waals surface area contributed by atoms with E-state index in [0.29, 0.717) is 24.7 Å². The molecular formula is C12H12ClNO2. The molecule has 0 amide bonds. The van der Waals surface area contributed by atoms with Crippen LogP contribution >= 0.6 is 11.6 Å². The van der Waals surface area contributed by atoms with Gasteiger partial charge in [0.15, 0.2) is 0 Å². The normalized spacial score (nSPS) is 17.3. The highest BCUT2D eigenvalue weighted by Crippen LogP contribution is 2.41. The van der Waals surface area contributed by atoms with E-state index in [9.17, 15) is 0 Å². The second-order valence-electron chi connectivity index (χ2n) is 3.95. The van der Waals surface area contributed by atoms with Crippen LogP contribution in [0.1, 0.15) is 12.0 Å². The van der Waals surface area contributed by atoms with E-state index >= 15 is 0 Å². The second-order valence-corrected chi connectivity index (χ2v) is 4.39. The molecule has 84 valence electrons. The molecule has 2 rings (SSSR count). The summed E-state index contributed by atoms with van der Waals surface area (Å²) < 4.78 is 10.5. The van der Waals surface area contributed by atoms with Crippen molar-refractivity contribution in [2.24, 2.45) is 0 Å². The molecule has 1 heterocycles. The van der Waals surface area contributed by atoms with E-state index in [1.54, 1.807) is 13.2 Å². The number of hydrogen-bond acceptors (Lipinski definition) is 3. The van der Waals surface area contributed by atoms with Crippen LogP contribution in [0.15, 0.2) is 18.2 Å². The molecule has 0 bridgehead atoms. The van der Waals surface area contributed by atoms with E-state index in [1.165, 1.54) is 0 Å². The van der Waals surface area contributed by atoms with Gasteiger partial charge >= 0.3 is 0 Å². The number of rotatable bonds is 3. The van der Waals surface area contributed by atoms with Crippen LogP contribution in [0.4, 0.5) is 0 Å². The molecule has 0 atom stereocenters. The zero-order chi connectivity index (χ0) is 11.6. The highest BCUT2D eigenvalue weighted by atomic mass is 35.5. The Bertz CT molecular complexity index is 435. The van der Waals surface area contributed by atoms with Crippen molar-refractivity contribution in [3.63, 3.8) is 0 Å². The topological polar surface area (TPSA) is 42.2 Å². The Labute approximate surface area is 99.5 Å². The lowest BCUT2D eigenvalue weighted by molar-refractivity contribution is -0.0586. The van der Waals surface area contributed by atoms with Crippen molar-refractivity contribution < 1.29 is 9.47 Å². The Kier molecular flexibility index (Phi) is 3.04. The van der Waals surface area contributed by atoms with Gasteiger partial charge in [0.05, 0.1) is 31.8 Å². The van der Waals surface area contributed by atoms with Crippen molar-refractivity contribution in [3.8, 4) is 11.8 Å². The summed E-state index contributed by atoms with van der Waals surface area (Å²) >= 11 is 5.98. The maximum Gasteiger partial charge on any atom is 0.122 e. The van der Waals surface area contributed by atoms with Crippen LogP contribution in [0.25, 0.3) is 0 Å². The molecule has 0 unspecified atom stereocenters. The van der Waals surface area contributed by atoms with E-state index in [0.717, 1.165) is 11.3 Å². The summed E-state index contributed by atoms with van der Waals surface area (Å²) in [5.41, 5.74) is 0.723. The van der Waals surface area contributed by atoms with Crippen LogP contribution in [0, 0.1) is 11.3 Å². The van der Waals surface area contributed by atoms with Crippen LogP contribution in [-0.4, -0.2) is 20.3 Å². The van der Waals surface area contributed by atoms with Crippen LogP contribution in [0.2, 0.25) is 5.02 Å². The molecular weight excluding hydrogens is 226 g/mol. The molecule has 1 aliphatic rings. The predicted molar refractivity (Wildman–Crippen MR) is 60.7 cm³/mol. The number of halogens is 1. The number of hydrogen-bond donors (Lipinski definition) is 0. The van der Waals surface area contributed by atoms with Gasteiger partial charge in [0.25, 0.3) is 0 Å². The Hall–Kier alpha value is -1.24. The predicted octanol–water partition coefficient (Wildman–Crippen LogP) is 2.53. The van der Waals surface area contributed by atoms with Crippen molar-refractivity contribution in [2.45, 2.75) is 11.8 Å². The molecule has 1 aromatic rings. The molecule has 0 N–H and O–H groups in total. The van der Waals surface area contributed by atoms with E-state index in [2.05, 4.69) is 6.07 Å². The first-order chi connectivity index (χ1) is 7.72. The van der Waals surface area contributed by atoms with Gasteiger partial charge in [-0.05, 0) is 18.2 Å². The summed E-state index contributed by atoms with van der Waals surface area (Å²) in [5.74, 6) is 0.767. The second kappa shape index (κ2) is 4.32. The molecule has 0 aromatic heterocycles. The van der Waals surface area contributed by atoms with Crippen molar-refractivity contribution >= 4 is 11.6 Å². The average molecular weight is 238 g/mol. The smallest absolute Gasteiger partial charge is 0.122 e. The zero-order valence-corrected chi connectivity index (χ0v) is 9.75. The van der Waals surface area contributed by atoms with Gasteiger partial charge in [-0.15, -0.1) is 0 Å². The molecule has 1 aliphatic heterocycles. The molecule has 1 fully saturated rings. The third-order valence-electron chi connectivity index (χ3n) is 2.91. The zero-order valence-electron chi connectivity index (χ0n) is 9.00. The van der Waals surface area contributed by atoms with Crippen molar-refractivity contribution in [2.75, 3.05) is 20.3 Å². The van der Waals surface area contributed by atoms with Crippen LogP contribution in [0.3, 0.4) is 0 Å². The highest BCUT2D eigenvalue weighted by Gasteiger charge is 2.42. The minimum absolute atomic E-state index is 0.245. The van der Waals surface area contributed by atoms with Crippen LogP contribution in [0.5, 0.6) is 5.75 Å². The molecule has 1 saturated heterocycles. The average Bonchev–Trinajstić information content (AvgIpc) is 2.23. The van der Waals surface area contributed by atoms with E-state index in [-0.39, 0.29) is 5.41 Å². The molecule has 3 nitrogen and oxygen atoms in total. The summed E-state index contributed by atoms with van der Waals surface area (Å²) in [6, 6.07) is 7.67. The van der Waals surface area contributed by atoms with Crippen molar-refractivity contribution in [1.82, 2.24) is 0 Å². The minimum Gasteiger partial charge on any atom is -0.496 e. The standard InChI is InChI=1S/C12H12ClNO2/c1-15-11-3-2-9(13)6-10(11)12(4-5-14)7-16-8-12/h2-3,6H,4,7-8H2,1H3. The van der Waals surface area contributed by atoms with Crippen molar-refractivity contribution in [1.29, 1.82) is 5.26 Å². The van der Waals surface area contributed by atoms with Gasteiger partial charge in [0.1, 0.15) is 5.75 Å². The molecule has 0 spiro atoms. The fourth-order valence-electron chi connectivity index (χ4n) is 1.95. The van der Waals surface area contributed by atoms with Crippen LogP contribution in [-0.2, 0) is 10.2 Å². The minimum atomic E-state index is -0.245. The van der Waals surface area contributed by atoms with Gasteiger partial charge in [-0.3, -0.25) is 0 Å². The lowest BCUT2D eigenvalue weighted by Crippen LogP contribution is -2.46. The lowest BCUT2D eigenvalue weighted by Gasteiger charge is -2.40. The molecule has 0 radical (unpaired) electrons. The molecule has 1 aromatic carbocycles. The fourth-order valence-corrected chi connectivity index (χ4v) is 2.12. The molecule has 0 aliphatic carbocycles. The van der Waals surface area contributed by atoms with Gasteiger partial charge in [-0.1, -0.05) is 11.6 Å². The number of nitriles is 1. The van der Waals surface area contributed by atoms with Gasteiger partial charge in [-0.2, -0.15) is 5.26 Å². The van der Waals surface area contributed by atoms with E-state index in [1.807, 2.05) is 12.1 Å². The van der Waals surface area contributed by atoms with Crippen molar-refractivity contribution in [3.05, 3.63) is 28.8 Å². The maximum absolute atomic E-state index is 8.88. The third-order valence-corrected chi connectivity index (χ3v) is 3.14. The summed E-state index contributed by atoms with van der Waals surface area (Å²) in [6.45, 7) is 1.11. The largest absolute Gasteiger partial charge is 0.496 e. The number of ether oxygens (including phenoxy) is 2. The first-order valence-electron chi connectivity index (χ1n) is 5.00. The quantitative estimate of drug-likeness (QED) is 0.811. The number of nitrogens with zero attached hydrogens (tertiary/aromatic N) is 1. The molecule has 4 heteroatoms. The summed E-state index contributed by atoms with van der Waals surface area (Å²) in [5, 5.41) is 9.53. The summed E-state index contributed by atoms with van der Waals surface area (Å²) in [7, 11) is 1.62. The highest BCUT2D eigenvalue weighted by molar-refractivity contribution is 6.30. The maximum atomic E-state index is 8.88. The Morgan fingerprint density at radius 1 is 1.56 bits per heavy atom. The summed E-state index contributed by atoms with van der Waals surface area (Å²) in [4.78, 5) is 0.